The highest BCUT2D eigenvalue weighted by atomic mass is 32.2. The van der Waals surface area contributed by atoms with Gasteiger partial charge in [0.1, 0.15) is 0 Å². The molecule has 2 rings (SSSR count). The van der Waals surface area contributed by atoms with Crippen molar-refractivity contribution >= 4 is 9.84 Å². The molecule has 0 amide bonds. The fraction of sp³-hybridized carbons (Fsp3) is 1.00. The van der Waals surface area contributed by atoms with Gasteiger partial charge < -0.3 is 10.2 Å². The molecule has 4 nitrogen and oxygen atoms in total. The summed E-state index contributed by atoms with van der Waals surface area (Å²) in [6, 6.07) is 0.196. The van der Waals surface area contributed by atoms with Crippen LogP contribution in [0.15, 0.2) is 0 Å². The van der Waals surface area contributed by atoms with Crippen LogP contribution < -0.4 is 5.32 Å². The number of sulfone groups is 1. The van der Waals surface area contributed by atoms with E-state index in [-0.39, 0.29) is 6.04 Å². The van der Waals surface area contributed by atoms with Gasteiger partial charge in [0.05, 0.1) is 11.5 Å². The van der Waals surface area contributed by atoms with Crippen molar-refractivity contribution in [2.24, 2.45) is 0 Å². The third kappa shape index (κ3) is 3.71. The lowest BCUT2D eigenvalue weighted by Crippen LogP contribution is -2.43. The third-order valence-corrected chi connectivity index (χ3v) is 5.34. The van der Waals surface area contributed by atoms with Crippen molar-refractivity contribution in [2.45, 2.75) is 31.7 Å². The number of nitrogens with zero attached hydrogens (tertiary/aromatic N) is 1. The summed E-state index contributed by atoms with van der Waals surface area (Å²) in [5.41, 5.74) is 0. The number of rotatable bonds is 4. The molecule has 0 radical (unpaired) electrons. The van der Waals surface area contributed by atoms with Crippen molar-refractivity contribution in [2.75, 3.05) is 37.7 Å². The van der Waals surface area contributed by atoms with E-state index in [9.17, 15) is 8.42 Å². The van der Waals surface area contributed by atoms with E-state index in [4.69, 9.17) is 0 Å². The first kappa shape index (κ1) is 12.3. The summed E-state index contributed by atoms with van der Waals surface area (Å²) >= 11 is 0. The van der Waals surface area contributed by atoms with E-state index in [1.54, 1.807) is 0 Å². The number of likely N-dealkylation sites (tertiary alicyclic amines) is 1. The molecule has 0 bridgehead atoms. The van der Waals surface area contributed by atoms with E-state index >= 15 is 0 Å². The Morgan fingerprint density at radius 2 is 1.94 bits per heavy atom. The molecule has 1 atom stereocenters. The smallest absolute Gasteiger partial charge is 0.151 e. The molecule has 0 aliphatic carbocycles. The van der Waals surface area contributed by atoms with Crippen LogP contribution in [0.4, 0.5) is 0 Å². The maximum Gasteiger partial charge on any atom is 0.151 e. The van der Waals surface area contributed by atoms with E-state index in [2.05, 4.69) is 10.2 Å². The van der Waals surface area contributed by atoms with Gasteiger partial charge in [-0.1, -0.05) is 0 Å². The van der Waals surface area contributed by atoms with Gasteiger partial charge in [-0.05, 0) is 38.8 Å². The van der Waals surface area contributed by atoms with Gasteiger partial charge in [0.25, 0.3) is 0 Å². The molecular formula is C11H22N2O2S. The number of hydrogen-bond donors (Lipinski definition) is 1. The topological polar surface area (TPSA) is 49.4 Å². The summed E-state index contributed by atoms with van der Waals surface area (Å²) in [5.74, 6) is 0.726. The Hall–Kier alpha value is -0.130. The van der Waals surface area contributed by atoms with E-state index in [0.717, 1.165) is 25.9 Å². The zero-order valence-electron chi connectivity index (χ0n) is 9.82. The highest BCUT2D eigenvalue weighted by Gasteiger charge is 2.24. The minimum absolute atomic E-state index is 0.196. The molecule has 5 heteroatoms. The first-order chi connectivity index (χ1) is 7.66. The van der Waals surface area contributed by atoms with Gasteiger partial charge in [0, 0.05) is 19.1 Å². The van der Waals surface area contributed by atoms with Crippen LogP contribution in [0.3, 0.4) is 0 Å². The standard InChI is InChI=1S/C11H22N2O2S/c14-16(15)9-3-4-11(10-16)12-5-8-13-6-1-2-7-13/h11-12H,1-10H2. The average Bonchev–Trinajstić information content (AvgIpc) is 2.69. The van der Waals surface area contributed by atoms with Crippen LogP contribution in [0.5, 0.6) is 0 Å². The van der Waals surface area contributed by atoms with Crippen molar-refractivity contribution in [1.82, 2.24) is 10.2 Å². The SMILES string of the molecule is O=S1(=O)CCCC(NCCN2CCCC2)C1. The summed E-state index contributed by atoms with van der Waals surface area (Å²) in [6.07, 6.45) is 4.47. The fourth-order valence-electron chi connectivity index (χ4n) is 2.62. The monoisotopic (exact) mass is 246 g/mol. The highest BCUT2D eigenvalue weighted by Crippen LogP contribution is 2.12. The molecule has 2 heterocycles. The Morgan fingerprint density at radius 1 is 1.19 bits per heavy atom. The number of nitrogens with one attached hydrogen (secondary N) is 1. The maximum absolute atomic E-state index is 11.4. The fourth-order valence-corrected chi connectivity index (χ4v) is 4.29. The van der Waals surface area contributed by atoms with E-state index < -0.39 is 9.84 Å². The first-order valence-corrected chi connectivity index (χ1v) is 8.14. The molecule has 2 fully saturated rings. The predicted octanol–water partition coefficient (Wildman–Crippen LogP) is 0.249. The highest BCUT2D eigenvalue weighted by molar-refractivity contribution is 7.91. The second kappa shape index (κ2) is 5.47. The molecule has 0 aromatic heterocycles. The summed E-state index contributed by atoms with van der Waals surface area (Å²) in [4.78, 5) is 2.45. The van der Waals surface area contributed by atoms with Gasteiger partial charge in [-0.3, -0.25) is 0 Å². The van der Waals surface area contributed by atoms with Gasteiger partial charge in [0.2, 0.25) is 0 Å². The Morgan fingerprint density at radius 3 is 2.62 bits per heavy atom. The van der Waals surface area contributed by atoms with Crippen molar-refractivity contribution in [3.8, 4) is 0 Å². The molecule has 1 unspecified atom stereocenters. The largest absolute Gasteiger partial charge is 0.312 e. The van der Waals surface area contributed by atoms with E-state index in [0.29, 0.717) is 11.5 Å². The summed E-state index contributed by atoms with van der Waals surface area (Å²) in [5, 5.41) is 3.38. The van der Waals surface area contributed by atoms with Crippen LogP contribution in [-0.4, -0.2) is 57.0 Å². The molecule has 0 aromatic rings. The molecular weight excluding hydrogens is 224 g/mol. The Kier molecular flexibility index (Phi) is 4.21. The molecule has 2 aliphatic rings. The van der Waals surface area contributed by atoms with Crippen LogP contribution in [0, 0.1) is 0 Å². The van der Waals surface area contributed by atoms with Crippen molar-refractivity contribution in [3.63, 3.8) is 0 Å². The lowest BCUT2D eigenvalue weighted by atomic mass is 10.2. The maximum atomic E-state index is 11.4. The van der Waals surface area contributed by atoms with Crippen molar-refractivity contribution < 1.29 is 8.42 Å². The average molecular weight is 246 g/mol. The molecule has 2 saturated heterocycles. The first-order valence-electron chi connectivity index (χ1n) is 6.32. The zero-order valence-corrected chi connectivity index (χ0v) is 10.6. The van der Waals surface area contributed by atoms with Crippen LogP contribution in [-0.2, 0) is 9.84 Å². The van der Waals surface area contributed by atoms with Gasteiger partial charge in [-0.25, -0.2) is 8.42 Å². The quantitative estimate of drug-likeness (QED) is 0.772. The molecule has 16 heavy (non-hydrogen) atoms. The van der Waals surface area contributed by atoms with Crippen molar-refractivity contribution in [3.05, 3.63) is 0 Å². The Balaban J connectivity index is 1.65. The normalized spacial score (nSPS) is 30.6. The van der Waals surface area contributed by atoms with Crippen LogP contribution in [0.2, 0.25) is 0 Å². The summed E-state index contributed by atoms with van der Waals surface area (Å²) in [7, 11) is -2.76. The van der Waals surface area contributed by atoms with Gasteiger partial charge in [-0.15, -0.1) is 0 Å². The van der Waals surface area contributed by atoms with Crippen LogP contribution >= 0.6 is 0 Å². The second-order valence-electron chi connectivity index (χ2n) is 4.96. The molecule has 0 saturated carbocycles. The van der Waals surface area contributed by atoms with Gasteiger partial charge in [0.15, 0.2) is 9.84 Å². The van der Waals surface area contributed by atoms with E-state index in [1.165, 1.54) is 25.9 Å². The minimum Gasteiger partial charge on any atom is -0.312 e. The molecule has 0 aromatic carbocycles. The van der Waals surface area contributed by atoms with Crippen LogP contribution in [0.1, 0.15) is 25.7 Å². The van der Waals surface area contributed by atoms with Gasteiger partial charge >= 0.3 is 0 Å². The predicted molar refractivity (Wildman–Crippen MR) is 65.4 cm³/mol. The molecule has 0 spiro atoms. The Bertz CT molecular complexity index is 310. The minimum atomic E-state index is -2.76. The molecule has 94 valence electrons. The van der Waals surface area contributed by atoms with Crippen LogP contribution in [0.25, 0.3) is 0 Å². The lowest BCUT2D eigenvalue weighted by Gasteiger charge is -2.24. The second-order valence-corrected chi connectivity index (χ2v) is 7.19. The third-order valence-electron chi connectivity index (χ3n) is 3.52. The summed E-state index contributed by atoms with van der Waals surface area (Å²) < 4.78 is 22.9. The summed E-state index contributed by atoms with van der Waals surface area (Å²) in [6.45, 7) is 4.42. The number of hydrogen-bond acceptors (Lipinski definition) is 4. The Labute approximate surface area is 98.3 Å². The van der Waals surface area contributed by atoms with E-state index in [1.807, 2.05) is 0 Å². The molecule has 1 N–H and O–H groups in total. The zero-order chi connectivity index (χ0) is 11.4. The van der Waals surface area contributed by atoms with Gasteiger partial charge in [-0.2, -0.15) is 0 Å². The van der Waals surface area contributed by atoms with Crippen molar-refractivity contribution in [1.29, 1.82) is 0 Å². The molecule has 2 aliphatic heterocycles. The lowest BCUT2D eigenvalue weighted by molar-refractivity contribution is 0.326.